The summed E-state index contributed by atoms with van der Waals surface area (Å²) in [5, 5.41) is 54.4. The molecule has 466 valence electrons. The van der Waals surface area contributed by atoms with Crippen LogP contribution in [0.15, 0.2) is 60.8 Å². The summed E-state index contributed by atoms with van der Waals surface area (Å²) < 4.78 is 16.7. The molecule has 11 nitrogen and oxygen atoms in total. The summed E-state index contributed by atoms with van der Waals surface area (Å²) in [5.41, 5.74) is 0. The van der Waals surface area contributed by atoms with E-state index in [-0.39, 0.29) is 18.5 Å². The number of aliphatic hydroxyl groups excluding tert-OH is 5. The first kappa shape index (κ1) is 75.4. The van der Waals surface area contributed by atoms with Crippen LogP contribution in [0.1, 0.15) is 303 Å². The molecular formula is C69H125NO10. The number of hydrogen-bond donors (Lipinski definition) is 6. The third kappa shape index (κ3) is 46.8. The molecule has 0 bridgehead atoms. The van der Waals surface area contributed by atoms with Gasteiger partial charge in [-0.1, -0.05) is 248 Å². The molecule has 1 aliphatic rings. The van der Waals surface area contributed by atoms with Gasteiger partial charge in [-0.25, -0.2) is 0 Å². The van der Waals surface area contributed by atoms with E-state index in [1.54, 1.807) is 6.08 Å². The van der Waals surface area contributed by atoms with Crippen molar-refractivity contribution in [1.29, 1.82) is 0 Å². The van der Waals surface area contributed by atoms with Crippen LogP contribution in [-0.2, 0) is 23.8 Å². The largest absolute Gasteiger partial charge is 0.466 e. The van der Waals surface area contributed by atoms with Crippen molar-refractivity contribution in [3.05, 3.63) is 60.8 Å². The average Bonchev–Trinajstić information content (AvgIpc) is 3.46. The van der Waals surface area contributed by atoms with E-state index in [2.05, 4.69) is 67.8 Å². The molecule has 1 amide bonds. The Kier molecular flexibility index (Phi) is 54.8. The van der Waals surface area contributed by atoms with E-state index in [0.717, 1.165) is 77.0 Å². The van der Waals surface area contributed by atoms with E-state index in [4.69, 9.17) is 14.2 Å². The van der Waals surface area contributed by atoms with Gasteiger partial charge in [0.2, 0.25) is 5.91 Å². The lowest BCUT2D eigenvalue weighted by atomic mass is 9.99. The molecule has 7 atom stereocenters. The average molecular weight is 1130 g/mol. The van der Waals surface area contributed by atoms with Crippen LogP contribution in [0.4, 0.5) is 0 Å². The Hall–Kier alpha value is -2.64. The molecule has 1 fully saturated rings. The number of carbonyl (C=O) groups is 2. The number of unbranched alkanes of at least 4 members (excludes halogenated alkanes) is 36. The maximum atomic E-state index is 13.1. The summed E-state index contributed by atoms with van der Waals surface area (Å²) in [7, 11) is 0. The third-order valence-corrected chi connectivity index (χ3v) is 15.6. The van der Waals surface area contributed by atoms with Gasteiger partial charge in [-0.05, 0) is 103 Å². The van der Waals surface area contributed by atoms with Crippen LogP contribution in [0.5, 0.6) is 0 Å². The second kappa shape index (κ2) is 58.1. The van der Waals surface area contributed by atoms with E-state index in [1.807, 2.05) is 6.08 Å². The van der Waals surface area contributed by atoms with E-state index in [9.17, 15) is 35.1 Å². The van der Waals surface area contributed by atoms with Gasteiger partial charge in [0, 0.05) is 12.8 Å². The highest BCUT2D eigenvalue weighted by Gasteiger charge is 2.44. The van der Waals surface area contributed by atoms with Crippen molar-refractivity contribution in [3.8, 4) is 0 Å². The Balaban J connectivity index is 2.03. The Morgan fingerprint density at radius 2 is 0.850 bits per heavy atom. The number of rotatable bonds is 58. The fourth-order valence-electron chi connectivity index (χ4n) is 10.2. The van der Waals surface area contributed by atoms with Crippen molar-refractivity contribution >= 4 is 11.9 Å². The van der Waals surface area contributed by atoms with Crippen molar-refractivity contribution in [2.75, 3.05) is 19.8 Å². The Labute approximate surface area is 490 Å². The van der Waals surface area contributed by atoms with Gasteiger partial charge in [-0.3, -0.25) is 9.59 Å². The molecular weight excluding hydrogens is 1000 g/mol. The molecule has 1 heterocycles. The SMILES string of the molecule is CCCCC/C=C\CCCCCCCC(=O)OCCCCCCCCCCC/C=C\C/C=C\CCCCCCCCCCCCCC(=O)NC(COC1OC(CO)C(O)C(O)C1O)C(O)/C=C/CC/C=C/CCCCCCCCC. The molecule has 0 aromatic rings. The minimum atomic E-state index is -1.58. The number of carbonyl (C=O) groups excluding carboxylic acids is 2. The topological polar surface area (TPSA) is 175 Å². The van der Waals surface area contributed by atoms with Gasteiger partial charge in [0.1, 0.15) is 24.4 Å². The Morgan fingerprint density at radius 1 is 0.463 bits per heavy atom. The highest BCUT2D eigenvalue weighted by Crippen LogP contribution is 2.23. The second-order valence-corrected chi connectivity index (χ2v) is 23.2. The molecule has 0 aromatic carbocycles. The molecule has 0 spiro atoms. The summed E-state index contributed by atoms with van der Waals surface area (Å²) in [6.45, 7) is 4.30. The highest BCUT2D eigenvalue weighted by molar-refractivity contribution is 5.76. The molecule has 80 heavy (non-hydrogen) atoms. The van der Waals surface area contributed by atoms with Crippen LogP contribution in [0, 0.1) is 0 Å². The lowest BCUT2D eigenvalue weighted by Gasteiger charge is -2.40. The minimum absolute atomic E-state index is 0.00982. The molecule has 0 aromatic heterocycles. The number of esters is 1. The van der Waals surface area contributed by atoms with Crippen molar-refractivity contribution in [1.82, 2.24) is 5.32 Å². The van der Waals surface area contributed by atoms with Gasteiger partial charge >= 0.3 is 5.97 Å². The van der Waals surface area contributed by atoms with E-state index in [0.29, 0.717) is 19.4 Å². The monoisotopic (exact) mass is 1130 g/mol. The Morgan fingerprint density at radius 3 is 1.34 bits per heavy atom. The molecule has 11 heteroatoms. The molecule has 1 saturated heterocycles. The van der Waals surface area contributed by atoms with E-state index < -0.39 is 49.5 Å². The molecule has 7 unspecified atom stereocenters. The number of amides is 1. The van der Waals surface area contributed by atoms with Crippen LogP contribution in [0.25, 0.3) is 0 Å². The van der Waals surface area contributed by atoms with Gasteiger partial charge in [-0.15, -0.1) is 0 Å². The number of ether oxygens (including phenoxy) is 3. The quantitative estimate of drug-likeness (QED) is 0.0195. The van der Waals surface area contributed by atoms with Gasteiger partial charge < -0.3 is 45.1 Å². The summed E-state index contributed by atoms with van der Waals surface area (Å²) in [6, 6.07) is -0.831. The molecule has 1 aliphatic heterocycles. The maximum absolute atomic E-state index is 13.1. The number of nitrogens with one attached hydrogen (secondary N) is 1. The fourth-order valence-corrected chi connectivity index (χ4v) is 10.2. The molecule has 0 aliphatic carbocycles. The summed E-state index contributed by atoms with van der Waals surface area (Å²) >= 11 is 0. The van der Waals surface area contributed by atoms with Crippen LogP contribution in [-0.4, -0.2) is 100 Å². The van der Waals surface area contributed by atoms with Crippen molar-refractivity contribution < 1.29 is 49.3 Å². The summed E-state index contributed by atoms with van der Waals surface area (Å²) in [6.07, 6.45) is 66.2. The highest BCUT2D eigenvalue weighted by atomic mass is 16.7. The summed E-state index contributed by atoms with van der Waals surface area (Å²) in [5.74, 6) is -0.205. The van der Waals surface area contributed by atoms with Gasteiger partial charge in [0.15, 0.2) is 6.29 Å². The maximum Gasteiger partial charge on any atom is 0.305 e. The lowest BCUT2D eigenvalue weighted by Crippen LogP contribution is -2.60. The van der Waals surface area contributed by atoms with Crippen molar-refractivity contribution in [3.63, 3.8) is 0 Å². The minimum Gasteiger partial charge on any atom is -0.466 e. The predicted molar refractivity (Wildman–Crippen MR) is 333 cm³/mol. The standard InChI is InChI=1S/C69H125NO10/c1-3-5-7-9-11-13-15-32-35-39-43-47-51-55-62(72)61(60-79-69-68(77)67(76)66(75)63(59-71)80-69)70-64(73)56-52-48-44-40-36-33-30-28-26-24-22-20-18-17-19-21-23-25-27-29-31-34-38-42-46-50-54-58-78-65(74)57-53-49-45-41-37-16-14-12-10-8-6-4-2/h12,14,17-18,21,23,35,39,51,55,61-63,66-69,71-72,75-77H,3-11,13,15-16,19-20,22,24-34,36-38,40-50,52-54,56-60H2,1-2H3,(H,70,73)/b14-12-,18-17-,23-21-,39-35+,55-51+. The van der Waals surface area contributed by atoms with Crippen molar-refractivity contribution in [2.24, 2.45) is 0 Å². The number of hydrogen-bond acceptors (Lipinski definition) is 10. The molecule has 0 radical (unpaired) electrons. The predicted octanol–water partition coefficient (Wildman–Crippen LogP) is 16.6. The third-order valence-electron chi connectivity index (χ3n) is 15.6. The zero-order chi connectivity index (χ0) is 58.0. The van der Waals surface area contributed by atoms with Gasteiger partial charge in [0.05, 0.1) is 32.0 Å². The first-order valence-electron chi connectivity index (χ1n) is 33.6. The first-order chi connectivity index (χ1) is 39.2. The normalized spacial score (nSPS) is 18.7. The van der Waals surface area contributed by atoms with E-state index in [1.165, 1.54) is 199 Å². The molecule has 1 rings (SSSR count). The fraction of sp³-hybridized carbons (Fsp3) is 0.826. The molecule has 0 saturated carbocycles. The van der Waals surface area contributed by atoms with Gasteiger partial charge in [0.25, 0.3) is 0 Å². The smallest absolute Gasteiger partial charge is 0.305 e. The number of allylic oxidation sites excluding steroid dienone is 9. The van der Waals surface area contributed by atoms with Crippen molar-refractivity contribution in [2.45, 2.75) is 346 Å². The lowest BCUT2D eigenvalue weighted by molar-refractivity contribution is -0.302. The van der Waals surface area contributed by atoms with Gasteiger partial charge in [-0.2, -0.15) is 0 Å². The van der Waals surface area contributed by atoms with Crippen LogP contribution < -0.4 is 5.32 Å². The van der Waals surface area contributed by atoms with Crippen LogP contribution in [0.3, 0.4) is 0 Å². The Bertz CT molecular complexity index is 1510. The zero-order valence-corrected chi connectivity index (χ0v) is 51.5. The van der Waals surface area contributed by atoms with Crippen LogP contribution in [0.2, 0.25) is 0 Å². The first-order valence-corrected chi connectivity index (χ1v) is 33.6. The second-order valence-electron chi connectivity index (χ2n) is 23.2. The molecule has 6 N–H and O–H groups in total. The van der Waals surface area contributed by atoms with E-state index >= 15 is 0 Å². The zero-order valence-electron chi connectivity index (χ0n) is 51.5. The number of aliphatic hydroxyl groups is 5. The summed E-state index contributed by atoms with van der Waals surface area (Å²) in [4.78, 5) is 25.1. The van der Waals surface area contributed by atoms with Crippen LogP contribution >= 0.6 is 0 Å².